The zero-order valence-corrected chi connectivity index (χ0v) is 12.4. The molecule has 1 aliphatic carbocycles. The van der Waals surface area contributed by atoms with Gasteiger partial charge in [0.05, 0.1) is 17.0 Å². The summed E-state index contributed by atoms with van der Waals surface area (Å²) in [6, 6.07) is 7.64. The molecule has 21 heavy (non-hydrogen) atoms. The van der Waals surface area contributed by atoms with Gasteiger partial charge in [0.25, 0.3) is 0 Å². The Balaban J connectivity index is 2.12. The highest BCUT2D eigenvalue weighted by Gasteiger charge is 2.38. The topological polar surface area (TPSA) is 23.8 Å². The van der Waals surface area contributed by atoms with E-state index in [1.165, 1.54) is 12.1 Å². The summed E-state index contributed by atoms with van der Waals surface area (Å²) in [6.07, 6.45) is -0.157. The number of nitriles is 1. The first-order chi connectivity index (χ1) is 9.66. The fourth-order valence-corrected chi connectivity index (χ4v) is 2.94. The van der Waals surface area contributed by atoms with Gasteiger partial charge in [-0.05, 0) is 55.2 Å². The van der Waals surface area contributed by atoms with Gasteiger partial charge in [0.1, 0.15) is 0 Å². The summed E-state index contributed by atoms with van der Waals surface area (Å²) >= 11 is 0. The van der Waals surface area contributed by atoms with Crippen molar-refractivity contribution in [3.63, 3.8) is 0 Å². The second-order valence-corrected chi connectivity index (χ2v) is 6.93. The molecule has 0 unspecified atom stereocenters. The molecule has 0 N–H and O–H groups in total. The molecule has 1 aliphatic rings. The van der Waals surface area contributed by atoms with E-state index < -0.39 is 17.2 Å². The van der Waals surface area contributed by atoms with Crippen LogP contribution in [0.2, 0.25) is 0 Å². The van der Waals surface area contributed by atoms with E-state index in [2.05, 4.69) is 19.9 Å². The minimum absolute atomic E-state index is 0.264. The van der Waals surface area contributed by atoms with Gasteiger partial charge in [-0.3, -0.25) is 0 Å². The molecule has 0 aromatic heterocycles. The van der Waals surface area contributed by atoms with E-state index in [-0.39, 0.29) is 5.41 Å². The molecule has 1 nitrogen and oxygen atoms in total. The van der Waals surface area contributed by atoms with E-state index in [1.807, 2.05) is 0 Å². The van der Waals surface area contributed by atoms with Crippen molar-refractivity contribution >= 4 is 0 Å². The van der Waals surface area contributed by atoms with Crippen LogP contribution >= 0.6 is 0 Å². The van der Waals surface area contributed by atoms with Gasteiger partial charge in [0.2, 0.25) is 0 Å². The highest BCUT2D eigenvalue weighted by molar-refractivity contribution is 5.26. The highest BCUT2D eigenvalue weighted by atomic mass is 19.4. The van der Waals surface area contributed by atoms with E-state index in [4.69, 9.17) is 0 Å². The van der Waals surface area contributed by atoms with Gasteiger partial charge in [0.15, 0.2) is 0 Å². The fourth-order valence-electron chi connectivity index (χ4n) is 2.94. The molecule has 1 fully saturated rings. The Morgan fingerprint density at radius 1 is 1.05 bits per heavy atom. The third-order valence-corrected chi connectivity index (χ3v) is 4.62. The minimum atomic E-state index is -4.31. The zero-order valence-electron chi connectivity index (χ0n) is 12.4. The monoisotopic (exact) mass is 295 g/mol. The maximum atomic E-state index is 12.6. The van der Waals surface area contributed by atoms with Crippen molar-refractivity contribution in [1.82, 2.24) is 0 Å². The van der Waals surface area contributed by atoms with E-state index in [9.17, 15) is 18.4 Å². The molecule has 0 saturated heterocycles. The van der Waals surface area contributed by atoms with Crippen molar-refractivity contribution in [1.29, 1.82) is 5.26 Å². The van der Waals surface area contributed by atoms with Crippen LogP contribution in [-0.4, -0.2) is 0 Å². The largest absolute Gasteiger partial charge is 0.416 e. The molecule has 0 heterocycles. The number of nitrogens with zero attached hydrogens (tertiary/aromatic N) is 1. The first-order valence-electron chi connectivity index (χ1n) is 7.23. The molecule has 114 valence electrons. The molecule has 0 aliphatic heterocycles. The van der Waals surface area contributed by atoms with E-state index >= 15 is 0 Å². The van der Waals surface area contributed by atoms with Crippen LogP contribution in [0.4, 0.5) is 13.2 Å². The third-order valence-electron chi connectivity index (χ3n) is 4.62. The van der Waals surface area contributed by atoms with Crippen LogP contribution in [-0.2, 0) is 12.6 Å². The average molecular weight is 295 g/mol. The maximum absolute atomic E-state index is 12.6. The van der Waals surface area contributed by atoms with Crippen molar-refractivity contribution in [2.24, 2.45) is 10.8 Å². The van der Waals surface area contributed by atoms with Gasteiger partial charge in [-0.2, -0.15) is 18.4 Å². The Morgan fingerprint density at radius 3 is 2.00 bits per heavy atom. The molecule has 0 radical (unpaired) electrons. The van der Waals surface area contributed by atoms with Gasteiger partial charge in [0, 0.05) is 0 Å². The second kappa shape index (κ2) is 5.36. The SMILES string of the molecule is CC1(C)CCC(C#N)(Cc2ccc(C(F)(F)F)cc2)CC1. The summed E-state index contributed by atoms with van der Waals surface area (Å²) < 4.78 is 37.7. The Bertz CT molecular complexity index is 525. The summed E-state index contributed by atoms with van der Waals surface area (Å²) in [4.78, 5) is 0. The average Bonchev–Trinajstić information content (AvgIpc) is 2.41. The predicted molar refractivity (Wildman–Crippen MR) is 75.4 cm³/mol. The van der Waals surface area contributed by atoms with Gasteiger partial charge in [-0.25, -0.2) is 0 Å². The first kappa shape index (κ1) is 15.9. The van der Waals surface area contributed by atoms with Gasteiger partial charge >= 0.3 is 6.18 Å². The predicted octanol–water partition coefficient (Wildman–Crippen LogP) is 5.36. The zero-order chi connectivity index (χ0) is 15.7. The smallest absolute Gasteiger partial charge is 0.198 e. The molecule has 0 bridgehead atoms. The number of halogens is 3. The van der Waals surface area contributed by atoms with Crippen molar-refractivity contribution < 1.29 is 13.2 Å². The van der Waals surface area contributed by atoms with E-state index in [1.54, 1.807) is 0 Å². The fraction of sp³-hybridized carbons (Fsp3) is 0.588. The molecule has 4 heteroatoms. The standard InChI is InChI=1S/C17H20F3N/c1-15(2)7-9-16(12-21,10-8-15)11-13-3-5-14(6-4-13)17(18,19)20/h3-6H,7-11H2,1-2H3. The molecule has 0 atom stereocenters. The van der Waals surface area contributed by atoms with E-state index in [0.29, 0.717) is 6.42 Å². The van der Waals surface area contributed by atoms with Crippen molar-refractivity contribution in [3.8, 4) is 6.07 Å². The number of benzene rings is 1. The highest BCUT2D eigenvalue weighted by Crippen LogP contribution is 2.46. The van der Waals surface area contributed by atoms with Crippen LogP contribution in [0, 0.1) is 22.2 Å². The molecular weight excluding hydrogens is 275 g/mol. The minimum Gasteiger partial charge on any atom is -0.198 e. The molecule has 2 rings (SSSR count). The summed E-state index contributed by atoms with van der Waals surface area (Å²) in [5, 5.41) is 9.53. The summed E-state index contributed by atoms with van der Waals surface area (Å²) in [7, 11) is 0. The van der Waals surface area contributed by atoms with Gasteiger partial charge in [-0.1, -0.05) is 26.0 Å². The van der Waals surface area contributed by atoms with Crippen molar-refractivity contribution in [3.05, 3.63) is 35.4 Å². The second-order valence-electron chi connectivity index (χ2n) is 6.93. The Morgan fingerprint density at radius 2 is 1.57 bits per heavy atom. The number of rotatable bonds is 2. The van der Waals surface area contributed by atoms with Crippen LogP contribution in [0.3, 0.4) is 0 Å². The molecular formula is C17H20F3N. The Kier molecular flexibility index (Phi) is 4.06. The number of hydrogen-bond acceptors (Lipinski definition) is 1. The van der Waals surface area contributed by atoms with E-state index in [0.717, 1.165) is 43.4 Å². The normalized spacial score (nSPS) is 20.8. The number of hydrogen-bond donors (Lipinski definition) is 0. The summed E-state index contributed by atoms with van der Waals surface area (Å²) in [5.74, 6) is 0. The molecule has 1 saturated carbocycles. The summed E-state index contributed by atoms with van der Waals surface area (Å²) in [6.45, 7) is 4.40. The maximum Gasteiger partial charge on any atom is 0.416 e. The van der Waals surface area contributed by atoms with Gasteiger partial charge < -0.3 is 0 Å². The number of alkyl halides is 3. The van der Waals surface area contributed by atoms with Crippen LogP contribution in [0.1, 0.15) is 50.7 Å². The molecule has 0 spiro atoms. The van der Waals surface area contributed by atoms with Gasteiger partial charge in [-0.15, -0.1) is 0 Å². The molecule has 0 amide bonds. The van der Waals surface area contributed by atoms with Crippen molar-refractivity contribution in [2.75, 3.05) is 0 Å². The first-order valence-corrected chi connectivity index (χ1v) is 7.23. The van der Waals surface area contributed by atoms with Crippen LogP contribution in [0.25, 0.3) is 0 Å². The van der Waals surface area contributed by atoms with Crippen molar-refractivity contribution in [2.45, 2.75) is 52.1 Å². The molecule has 1 aromatic carbocycles. The lowest BCUT2D eigenvalue weighted by atomic mass is 9.64. The quantitative estimate of drug-likeness (QED) is 0.720. The lowest BCUT2D eigenvalue weighted by molar-refractivity contribution is -0.137. The molecule has 1 aromatic rings. The Labute approximate surface area is 123 Å². The third kappa shape index (κ3) is 3.78. The lowest BCUT2D eigenvalue weighted by Gasteiger charge is -2.39. The lowest BCUT2D eigenvalue weighted by Crippen LogP contribution is -2.31. The summed E-state index contributed by atoms with van der Waals surface area (Å²) in [5.41, 5.74) is 0.0155. The van der Waals surface area contributed by atoms with Crippen LogP contribution in [0.15, 0.2) is 24.3 Å². The van der Waals surface area contributed by atoms with Crippen LogP contribution in [0.5, 0.6) is 0 Å². The Hall–Kier alpha value is -1.50. The van der Waals surface area contributed by atoms with Crippen LogP contribution < -0.4 is 0 Å².